The number of hydrogen-bond acceptors (Lipinski definition) is 4. The van der Waals surface area contributed by atoms with Crippen molar-refractivity contribution in [2.24, 2.45) is 7.05 Å². The molecule has 0 atom stereocenters. The Labute approximate surface area is 136 Å². The Hall–Kier alpha value is -2.18. The number of methoxy groups -OCH3 is 1. The topological polar surface area (TPSA) is 67.6 Å². The summed E-state index contributed by atoms with van der Waals surface area (Å²) in [6.45, 7) is 2.92. The monoisotopic (exact) mass is 317 g/mol. The van der Waals surface area contributed by atoms with E-state index >= 15 is 0 Å². The van der Waals surface area contributed by atoms with Crippen LogP contribution in [0.4, 0.5) is 0 Å². The molecule has 0 aliphatic carbocycles. The summed E-state index contributed by atoms with van der Waals surface area (Å²) in [4.78, 5) is 14.5. The van der Waals surface area contributed by atoms with E-state index in [4.69, 9.17) is 4.74 Å². The van der Waals surface area contributed by atoms with E-state index in [9.17, 15) is 9.90 Å². The van der Waals surface area contributed by atoms with Gasteiger partial charge in [0.25, 0.3) is 5.91 Å². The van der Waals surface area contributed by atoms with Crippen molar-refractivity contribution in [2.45, 2.75) is 20.1 Å². The first kappa shape index (κ1) is 17.2. The summed E-state index contributed by atoms with van der Waals surface area (Å²) in [7, 11) is 3.34. The van der Waals surface area contributed by atoms with Crippen LogP contribution in [0.3, 0.4) is 0 Å². The van der Waals surface area contributed by atoms with E-state index in [1.165, 1.54) is 0 Å². The minimum absolute atomic E-state index is 0.0859. The van der Waals surface area contributed by atoms with E-state index in [-0.39, 0.29) is 25.7 Å². The van der Waals surface area contributed by atoms with Gasteiger partial charge in [0.05, 0.1) is 18.8 Å². The fourth-order valence-electron chi connectivity index (χ4n) is 2.53. The van der Waals surface area contributed by atoms with Gasteiger partial charge in [-0.25, -0.2) is 0 Å². The molecule has 1 aromatic heterocycles. The lowest BCUT2D eigenvalue weighted by Crippen LogP contribution is -2.33. The maximum absolute atomic E-state index is 12.8. The molecule has 0 saturated heterocycles. The van der Waals surface area contributed by atoms with Crippen LogP contribution in [0.15, 0.2) is 30.5 Å². The second kappa shape index (κ2) is 7.89. The lowest BCUT2D eigenvalue weighted by Gasteiger charge is -2.22. The smallest absolute Gasteiger partial charge is 0.257 e. The number of aromatic nitrogens is 2. The predicted molar refractivity (Wildman–Crippen MR) is 86.9 cm³/mol. The number of hydrogen-bond donors (Lipinski definition) is 1. The van der Waals surface area contributed by atoms with Crippen molar-refractivity contribution < 1.29 is 14.6 Å². The van der Waals surface area contributed by atoms with Crippen LogP contribution in [0.25, 0.3) is 0 Å². The molecule has 1 aromatic carbocycles. The third-order valence-electron chi connectivity index (χ3n) is 3.53. The summed E-state index contributed by atoms with van der Waals surface area (Å²) in [6, 6.07) is 7.99. The second-order valence-electron chi connectivity index (χ2n) is 5.54. The molecule has 124 valence electrons. The van der Waals surface area contributed by atoms with Crippen molar-refractivity contribution in [1.29, 1.82) is 0 Å². The van der Waals surface area contributed by atoms with Gasteiger partial charge in [-0.1, -0.05) is 29.8 Å². The summed E-state index contributed by atoms with van der Waals surface area (Å²) in [5.74, 6) is -0.152. The first-order valence-corrected chi connectivity index (χ1v) is 7.52. The highest BCUT2D eigenvalue weighted by atomic mass is 16.5. The Morgan fingerprint density at radius 2 is 2.22 bits per heavy atom. The fraction of sp³-hybridized carbons (Fsp3) is 0.412. The molecule has 0 radical (unpaired) electrons. The summed E-state index contributed by atoms with van der Waals surface area (Å²) in [5, 5.41) is 13.6. The van der Waals surface area contributed by atoms with Gasteiger partial charge >= 0.3 is 0 Å². The van der Waals surface area contributed by atoms with Gasteiger partial charge < -0.3 is 14.7 Å². The molecule has 1 N–H and O–H groups in total. The third-order valence-corrected chi connectivity index (χ3v) is 3.53. The van der Waals surface area contributed by atoms with E-state index in [1.54, 1.807) is 29.9 Å². The summed E-state index contributed by atoms with van der Waals surface area (Å²) >= 11 is 0. The molecular formula is C17H23N3O3. The van der Waals surface area contributed by atoms with E-state index < -0.39 is 0 Å². The largest absolute Gasteiger partial charge is 0.395 e. The predicted octanol–water partition coefficient (Wildman–Crippen LogP) is 1.51. The Morgan fingerprint density at radius 3 is 2.87 bits per heavy atom. The van der Waals surface area contributed by atoms with E-state index in [2.05, 4.69) is 5.10 Å². The number of carbonyl (C=O) groups is 1. The van der Waals surface area contributed by atoms with Gasteiger partial charge in [-0.05, 0) is 12.5 Å². The van der Waals surface area contributed by atoms with Crippen molar-refractivity contribution in [3.8, 4) is 0 Å². The minimum atomic E-state index is -0.152. The maximum Gasteiger partial charge on any atom is 0.257 e. The number of nitrogens with zero attached hydrogens (tertiary/aromatic N) is 3. The highest BCUT2D eigenvalue weighted by Crippen LogP contribution is 2.14. The first-order chi connectivity index (χ1) is 11.0. The Bertz CT molecular complexity index is 667. The van der Waals surface area contributed by atoms with E-state index in [1.807, 2.05) is 31.2 Å². The zero-order valence-electron chi connectivity index (χ0n) is 13.8. The van der Waals surface area contributed by atoms with Crippen LogP contribution >= 0.6 is 0 Å². The molecule has 0 aliphatic heterocycles. The number of rotatable bonds is 7. The van der Waals surface area contributed by atoms with Crippen LogP contribution in [0, 0.1) is 6.92 Å². The van der Waals surface area contributed by atoms with Crippen molar-refractivity contribution >= 4 is 5.91 Å². The van der Waals surface area contributed by atoms with E-state index in [0.717, 1.165) is 11.1 Å². The molecular weight excluding hydrogens is 294 g/mol. The van der Waals surface area contributed by atoms with Gasteiger partial charge in [-0.15, -0.1) is 0 Å². The van der Waals surface area contributed by atoms with Crippen molar-refractivity contribution in [3.05, 3.63) is 52.8 Å². The van der Waals surface area contributed by atoms with Gasteiger partial charge in [0.1, 0.15) is 5.69 Å². The molecule has 0 bridgehead atoms. The number of benzene rings is 1. The van der Waals surface area contributed by atoms with Gasteiger partial charge in [0, 0.05) is 33.4 Å². The number of aliphatic hydroxyl groups excluding tert-OH is 1. The molecule has 0 fully saturated rings. The van der Waals surface area contributed by atoms with Gasteiger partial charge in [-0.2, -0.15) is 5.10 Å². The SMILES string of the molecule is COCc1nn(C)cc1C(=O)N(CCO)Cc1cccc(C)c1. The minimum Gasteiger partial charge on any atom is -0.395 e. The van der Waals surface area contributed by atoms with Crippen LogP contribution in [0.2, 0.25) is 0 Å². The zero-order chi connectivity index (χ0) is 16.8. The zero-order valence-corrected chi connectivity index (χ0v) is 13.8. The standard InChI is InChI=1S/C17H23N3O3/c1-13-5-4-6-14(9-13)10-20(7-8-21)17(22)15-11-19(2)18-16(15)12-23-3/h4-6,9,11,21H,7-8,10,12H2,1-3H3. The molecule has 0 saturated carbocycles. The molecule has 6 nitrogen and oxygen atoms in total. The van der Waals surface area contributed by atoms with Crippen molar-refractivity contribution in [2.75, 3.05) is 20.3 Å². The fourth-order valence-corrected chi connectivity index (χ4v) is 2.53. The normalized spacial score (nSPS) is 10.8. The van der Waals surface area contributed by atoms with Crippen LogP contribution in [-0.2, 0) is 24.9 Å². The second-order valence-corrected chi connectivity index (χ2v) is 5.54. The van der Waals surface area contributed by atoms with E-state index in [0.29, 0.717) is 17.8 Å². The van der Waals surface area contributed by atoms with Gasteiger partial charge in [0.15, 0.2) is 0 Å². The molecule has 0 unspecified atom stereocenters. The number of amides is 1. The Balaban J connectivity index is 2.24. The highest BCUT2D eigenvalue weighted by molar-refractivity contribution is 5.95. The lowest BCUT2D eigenvalue weighted by molar-refractivity contribution is 0.0703. The molecule has 6 heteroatoms. The molecule has 1 amide bonds. The third kappa shape index (κ3) is 4.40. The summed E-state index contributed by atoms with van der Waals surface area (Å²) in [6.07, 6.45) is 1.69. The number of carbonyl (C=O) groups excluding carboxylic acids is 1. The van der Waals surface area contributed by atoms with Gasteiger partial charge in [-0.3, -0.25) is 9.48 Å². The molecule has 0 spiro atoms. The number of aliphatic hydroxyl groups is 1. The Kier molecular flexibility index (Phi) is 5.90. The average molecular weight is 317 g/mol. The average Bonchev–Trinajstić information content (AvgIpc) is 2.87. The van der Waals surface area contributed by atoms with Crippen molar-refractivity contribution in [1.82, 2.24) is 14.7 Å². The molecule has 2 aromatic rings. The van der Waals surface area contributed by atoms with Crippen LogP contribution < -0.4 is 0 Å². The molecule has 23 heavy (non-hydrogen) atoms. The first-order valence-electron chi connectivity index (χ1n) is 7.52. The summed E-state index contributed by atoms with van der Waals surface area (Å²) < 4.78 is 6.71. The number of ether oxygens (including phenoxy) is 1. The highest BCUT2D eigenvalue weighted by Gasteiger charge is 2.21. The van der Waals surface area contributed by atoms with Gasteiger partial charge in [0.2, 0.25) is 0 Å². The van der Waals surface area contributed by atoms with Crippen LogP contribution in [-0.4, -0.2) is 46.0 Å². The molecule has 1 heterocycles. The summed E-state index contributed by atoms with van der Waals surface area (Å²) in [5.41, 5.74) is 3.28. The Morgan fingerprint density at radius 1 is 1.43 bits per heavy atom. The van der Waals surface area contributed by atoms with Crippen molar-refractivity contribution in [3.63, 3.8) is 0 Å². The quantitative estimate of drug-likeness (QED) is 0.840. The van der Waals surface area contributed by atoms with Crippen LogP contribution in [0.1, 0.15) is 27.2 Å². The number of aryl methyl sites for hydroxylation is 2. The van der Waals surface area contributed by atoms with Crippen LogP contribution in [0.5, 0.6) is 0 Å². The molecule has 2 rings (SSSR count). The lowest BCUT2D eigenvalue weighted by atomic mass is 10.1. The maximum atomic E-state index is 12.8. The molecule has 0 aliphatic rings.